The van der Waals surface area contributed by atoms with Crippen LogP contribution in [-0.2, 0) is 0 Å². The van der Waals surface area contributed by atoms with Gasteiger partial charge in [-0.15, -0.1) is 0 Å². The molecule has 1 fully saturated rings. The van der Waals surface area contributed by atoms with Gasteiger partial charge >= 0.3 is 0 Å². The smallest absolute Gasteiger partial charge is 0.0412 e. The van der Waals surface area contributed by atoms with Crippen LogP contribution in [0.2, 0.25) is 0 Å². The molecule has 1 aliphatic heterocycles. The summed E-state index contributed by atoms with van der Waals surface area (Å²) in [7, 11) is 0. The van der Waals surface area contributed by atoms with Gasteiger partial charge in [-0.2, -0.15) is 0 Å². The first-order chi connectivity index (χ1) is 6.35. The van der Waals surface area contributed by atoms with Crippen LogP contribution in [0.4, 0.5) is 0 Å². The van der Waals surface area contributed by atoms with Crippen LogP contribution in [-0.4, -0.2) is 30.1 Å². The van der Waals surface area contributed by atoms with Gasteiger partial charge in [0.15, 0.2) is 0 Å². The Morgan fingerprint density at radius 2 is 1.86 bits per heavy atom. The van der Waals surface area contributed by atoms with Crippen molar-refractivity contribution in [1.82, 2.24) is 4.90 Å². The summed E-state index contributed by atoms with van der Waals surface area (Å²) in [4.78, 5) is 2.49. The molecule has 0 spiro atoms. The van der Waals surface area contributed by atoms with E-state index in [0.717, 1.165) is 13.1 Å². The van der Waals surface area contributed by atoms with Crippen molar-refractivity contribution in [3.05, 3.63) is 0 Å². The molecule has 0 aromatic rings. The molecule has 84 valence electrons. The first-order valence-electron chi connectivity index (χ1n) is 5.86. The van der Waals surface area contributed by atoms with Gasteiger partial charge in [0, 0.05) is 18.6 Å². The van der Waals surface area contributed by atoms with Crippen molar-refractivity contribution in [2.24, 2.45) is 11.1 Å². The van der Waals surface area contributed by atoms with Crippen molar-refractivity contribution in [2.75, 3.05) is 19.6 Å². The fourth-order valence-electron chi connectivity index (χ4n) is 2.15. The molecule has 1 aliphatic rings. The second-order valence-electron chi connectivity index (χ2n) is 6.13. The van der Waals surface area contributed by atoms with Gasteiger partial charge in [-0.25, -0.2) is 0 Å². The van der Waals surface area contributed by atoms with Crippen LogP contribution in [0.5, 0.6) is 0 Å². The Labute approximate surface area is 88.8 Å². The highest BCUT2D eigenvalue weighted by Gasteiger charge is 2.38. The summed E-state index contributed by atoms with van der Waals surface area (Å²) in [6.07, 6.45) is 3.66. The molecule has 0 unspecified atom stereocenters. The van der Waals surface area contributed by atoms with Gasteiger partial charge in [-0.3, -0.25) is 4.90 Å². The summed E-state index contributed by atoms with van der Waals surface area (Å²) in [6, 6.07) is 0. The van der Waals surface area contributed by atoms with Gasteiger partial charge in [0.2, 0.25) is 0 Å². The third kappa shape index (κ3) is 3.58. The number of nitrogens with zero attached hydrogens (tertiary/aromatic N) is 1. The van der Waals surface area contributed by atoms with Crippen LogP contribution < -0.4 is 5.73 Å². The van der Waals surface area contributed by atoms with Gasteiger partial charge in [0.1, 0.15) is 0 Å². The van der Waals surface area contributed by atoms with Gasteiger partial charge < -0.3 is 5.73 Å². The molecule has 0 radical (unpaired) electrons. The van der Waals surface area contributed by atoms with Crippen molar-refractivity contribution in [2.45, 2.75) is 52.5 Å². The van der Waals surface area contributed by atoms with E-state index in [1.165, 1.54) is 25.8 Å². The van der Waals surface area contributed by atoms with Crippen molar-refractivity contribution >= 4 is 0 Å². The molecule has 0 aliphatic carbocycles. The summed E-state index contributed by atoms with van der Waals surface area (Å²) < 4.78 is 0. The molecule has 2 N–H and O–H groups in total. The Bertz CT molecular complexity index is 175. The summed E-state index contributed by atoms with van der Waals surface area (Å²) in [5.41, 5.74) is 6.80. The summed E-state index contributed by atoms with van der Waals surface area (Å²) in [5, 5.41) is 0. The third-order valence-corrected chi connectivity index (χ3v) is 3.00. The Morgan fingerprint density at radius 1 is 1.29 bits per heavy atom. The molecule has 0 aromatic carbocycles. The predicted octanol–water partition coefficient (Wildman–Crippen LogP) is 2.24. The number of hydrogen-bond donors (Lipinski definition) is 1. The number of rotatable bonds is 4. The maximum absolute atomic E-state index is 6.20. The molecule has 14 heavy (non-hydrogen) atoms. The topological polar surface area (TPSA) is 29.3 Å². The van der Waals surface area contributed by atoms with Crippen LogP contribution in [0, 0.1) is 5.41 Å². The monoisotopic (exact) mass is 198 g/mol. The van der Waals surface area contributed by atoms with Gasteiger partial charge in [-0.1, -0.05) is 34.1 Å². The fourth-order valence-corrected chi connectivity index (χ4v) is 2.15. The minimum Gasteiger partial charge on any atom is -0.323 e. The molecule has 2 heteroatoms. The van der Waals surface area contributed by atoms with Gasteiger partial charge in [0.05, 0.1) is 0 Å². The highest BCUT2D eigenvalue weighted by atomic mass is 15.2. The second kappa shape index (κ2) is 4.19. The largest absolute Gasteiger partial charge is 0.323 e. The highest BCUT2D eigenvalue weighted by molar-refractivity contribution is 4.99. The van der Waals surface area contributed by atoms with E-state index >= 15 is 0 Å². The molecule has 0 aromatic heterocycles. The minimum absolute atomic E-state index is 0.145. The SMILES string of the molecule is CCCC1(N)CN(CCC(C)(C)C)C1. The Morgan fingerprint density at radius 3 is 2.29 bits per heavy atom. The van der Waals surface area contributed by atoms with Crippen molar-refractivity contribution in [3.8, 4) is 0 Å². The first kappa shape index (κ1) is 12.0. The van der Waals surface area contributed by atoms with Crippen LogP contribution in [0.15, 0.2) is 0 Å². The van der Waals surface area contributed by atoms with Crippen LogP contribution in [0.25, 0.3) is 0 Å². The van der Waals surface area contributed by atoms with E-state index < -0.39 is 0 Å². The molecule has 0 saturated carbocycles. The van der Waals surface area contributed by atoms with E-state index in [4.69, 9.17) is 5.73 Å². The number of nitrogens with two attached hydrogens (primary N) is 1. The van der Waals surface area contributed by atoms with Crippen LogP contribution in [0.1, 0.15) is 47.0 Å². The lowest BCUT2D eigenvalue weighted by atomic mass is 9.84. The Balaban J connectivity index is 2.16. The van der Waals surface area contributed by atoms with E-state index in [9.17, 15) is 0 Å². The third-order valence-electron chi connectivity index (χ3n) is 3.00. The zero-order chi connectivity index (χ0) is 10.8. The molecule has 2 nitrogen and oxygen atoms in total. The Kier molecular flexibility index (Phi) is 3.59. The molecule has 1 saturated heterocycles. The molecule has 0 atom stereocenters. The van der Waals surface area contributed by atoms with Crippen molar-refractivity contribution in [1.29, 1.82) is 0 Å². The van der Waals surface area contributed by atoms with E-state index in [0.29, 0.717) is 5.41 Å². The lowest BCUT2D eigenvalue weighted by molar-refractivity contribution is 0.0540. The van der Waals surface area contributed by atoms with Gasteiger partial charge in [-0.05, 0) is 24.8 Å². The number of likely N-dealkylation sites (tertiary alicyclic amines) is 1. The molecular formula is C12H26N2. The van der Waals surface area contributed by atoms with E-state index in [-0.39, 0.29) is 5.54 Å². The van der Waals surface area contributed by atoms with E-state index in [1.807, 2.05) is 0 Å². The maximum Gasteiger partial charge on any atom is 0.0412 e. The van der Waals surface area contributed by atoms with E-state index in [2.05, 4.69) is 32.6 Å². The predicted molar refractivity (Wildman–Crippen MR) is 62.3 cm³/mol. The van der Waals surface area contributed by atoms with E-state index in [1.54, 1.807) is 0 Å². The zero-order valence-electron chi connectivity index (χ0n) is 10.3. The van der Waals surface area contributed by atoms with Crippen molar-refractivity contribution < 1.29 is 0 Å². The molecule has 1 heterocycles. The van der Waals surface area contributed by atoms with Crippen LogP contribution in [0.3, 0.4) is 0 Å². The minimum atomic E-state index is 0.145. The maximum atomic E-state index is 6.20. The summed E-state index contributed by atoms with van der Waals surface area (Å²) in [5.74, 6) is 0. The second-order valence-corrected chi connectivity index (χ2v) is 6.13. The molecule has 0 amide bonds. The molecular weight excluding hydrogens is 172 g/mol. The quantitative estimate of drug-likeness (QED) is 0.750. The normalized spacial score (nSPS) is 22.1. The number of hydrogen-bond acceptors (Lipinski definition) is 2. The standard InChI is InChI=1S/C12H26N2/c1-5-6-12(13)9-14(10-12)8-7-11(2,3)4/h5-10,13H2,1-4H3. The highest BCUT2D eigenvalue weighted by Crippen LogP contribution is 2.26. The lowest BCUT2D eigenvalue weighted by Gasteiger charge is -2.48. The average molecular weight is 198 g/mol. The Hall–Kier alpha value is -0.0800. The molecule has 1 rings (SSSR count). The molecule has 0 bridgehead atoms. The first-order valence-corrected chi connectivity index (χ1v) is 5.86. The lowest BCUT2D eigenvalue weighted by Crippen LogP contribution is -2.67. The zero-order valence-corrected chi connectivity index (χ0v) is 10.3. The summed E-state index contributed by atoms with van der Waals surface area (Å²) in [6.45, 7) is 12.5. The van der Waals surface area contributed by atoms with Gasteiger partial charge in [0.25, 0.3) is 0 Å². The fraction of sp³-hybridized carbons (Fsp3) is 1.00. The summed E-state index contributed by atoms with van der Waals surface area (Å²) >= 11 is 0. The van der Waals surface area contributed by atoms with Crippen LogP contribution >= 0.6 is 0 Å². The van der Waals surface area contributed by atoms with Crippen molar-refractivity contribution in [3.63, 3.8) is 0 Å². The average Bonchev–Trinajstić information content (AvgIpc) is 1.95.